The summed E-state index contributed by atoms with van der Waals surface area (Å²) in [7, 11) is 0. The van der Waals surface area contributed by atoms with Crippen LogP contribution in [0.4, 0.5) is 0 Å². The predicted octanol–water partition coefficient (Wildman–Crippen LogP) is 2.61. The van der Waals surface area contributed by atoms with Gasteiger partial charge in [-0.1, -0.05) is 30.3 Å². The first kappa shape index (κ1) is 11.5. The zero-order valence-corrected chi connectivity index (χ0v) is 9.45. The molecule has 1 aromatic carbocycles. The molecule has 1 rings (SSSR count). The van der Waals surface area contributed by atoms with E-state index in [1.807, 2.05) is 37.3 Å². The molecule has 0 spiro atoms. The van der Waals surface area contributed by atoms with Crippen LogP contribution in [0.3, 0.4) is 0 Å². The highest BCUT2D eigenvalue weighted by Gasteiger charge is 2.04. The highest BCUT2D eigenvalue weighted by Crippen LogP contribution is 2.14. The normalized spacial score (nSPS) is 12.3. The Bertz CT molecular complexity index is 352. The topological polar surface area (TPSA) is 29.1 Å². The molecular weight excluding hydrogens is 186 g/mol. The Kier molecular flexibility index (Phi) is 4.10. The van der Waals surface area contributed by atoms with Gasteiger partial charge in [-0.25, -0.2) is 0 Å². The van der Waals surface area contributed by atoms with Crippen LogP contribution in [-0.2, 0) is 4.79 Å². The fourth-order valence-electron chi connectivity index (χ4n) is 1.50. The molecule has 0 fully saturated rings. The smallest absolute Gasteiger partial charge is 0.152 e. The van der Waals surface area contributed by atoms with Gasteiger partial charge in [0.25, 0.3) is 0 Å². The lowest BCUT2D eigenvalue weighted by Gasteiger charge is -2.13. The molecule has 0 aliphatic carbocycles. The van der Waals surface area contributed by atoms with E-state index in [1.54, 1.807) is 0 Å². The third-order valence-corrected chi connectivity index (χ3v) is 2.11. The maximum atomic E-state index is 11.0. The van der Waals surface area contributed by atoms with Gasteiger partial charge >= 0.3 is 0 Å². The first-order valence-electron chi connectivity index (χ1n) is 5.13. The van der Waals surface area contributed by atoms with Gasteiger partial charge in [0, 0.05) is 17.3 Å². The Morgan fingerprint density at radius 1 is 1.27 bits per heavy atom. The molecule has 1 N–H and O–H groups in total. The third-order valence-electron chi connectivity index (χ3n) is 2.11. The minimum absolute atomic E-state index is 0.337. The second-order valence-corrected chi connectivity index (χ2v) is 3.82. The molecule has 0 aliphatic rings. The maximum Gasteiger partial charge on any atom is 0.152 e. The van der Waals surface area contributed by atoms with Gasteiger partial charge in [0.05, 0.1) is 0 Å². The van der Waals surface area contributed by atoms with Crippen molar-refractivity contribution in [2.75, 3.05) is 0 Å². The predicted molar refractivity (Wildman–Crippen MR) is 63.4 cm³/mol. The van der Waals surface area contributed by atoms with Crippen LogP contribution in [0.1, 0.15) is 26.3 Å². The number of rotatable bonds is 4. The molecule has 0 heterocycles. The van der Waals surface area contributed by atoms with Crippen molar-refractivity contribution < 1.29 is 4.79 Å². The summed E-state index contributed by atoms with van der Waals surface area (Å²) in [5.41, 5.74) is 2.61. The molecule has 2 nitrogen and oxygen atoms in total. The summed E-state index contributed by atoms with van der Waals surface area (Å²) in [5.74, 6) is 0. The van der Waals surface area contributed by atoms with Gasteiger partial charge in [0.2, 0.25) is 0 Å². The average molecular weight is 203 g/mol. The Hall–Kier alpha value is -1.57. The lowest BCUT2D eigenvalue weighted by atomic mass is 10.1. The Balaban J connectivity index is 3.02. The van der Waals surface area contributed by atoms with Crippen molar-refractivity contribution in [3.8, 4) is 0 Å². The van der Waals surface area contributed by atoms with Gasteiger partial charge in [0.1, 0.15) is 0 Å². The van der Waals surface area contributed by atoms with E-state index in [0.717, 1.165) is 23.1 Å². The van der Waals surface area contributed by atoms with Crippen LogP contribution in [0, 0.1) is 0 Å². The van der Waals surface area contributed by atoms with Crippen LogP contribution >= 0.6 is 0 Å². The maximum absolute atomic E-state index is 11.0. The SMILES string of the molecule is CC(NC(C)C)=C(C=O)c1ccccc1. The zero-order chi connectivity index (χ0) is 11.3. The third kappa shape index (κ3) is 3.24. The van der Waals surface area contributed by atoms with Gasteiger partial charge in [-0.3, -0.25) is 4.79 Å². The molecule has 0 saturated heterocycles. The standard InChI is InChI=1S/C13H17NO/c1-10(2)14-11(3)13(9-15)12-7-5-4-6-8-12/h4-10,14H,1-3H3. The van der Waals surface area contributed by atoms with Crippen LogP contribution in [0.2, 0.25) is 0 Å². The number of allylic oxidation sites excluding steroid dienone is 2. The zero-order valence-electron chi connectivity index (χ0n) is 9.45. The number of nitrogens with one attached hydrogen (secondary N) is 1. The van der Waals surface area contributed by atoms with Crippen molar-refractivity contribution in [1.82, 2.24) is 5.32 Å². The van der Waals surface area contributed by atoms with E-state index in [9.17, 15) is 4.79 Å². The number of carbonyl (C=O) groups excluding carboxylic acids is 1. The minimum Gasteiger partial charge on any atom is -0.386 e. The van der Waals surface area contributed by atoms with E-state index in [1.165, 1.54) is 0 Å². The quantitative estimate of drug-likeness (QED) is 0.602. The summed E-state index contributed by atoms with van der Waals surface area (Å²) in [5, 5.41) is 3.24. The van der Waals surface area contributed by atoms with Gasteiger partial charge in [-0.15, -0.1) is 0 Å². The number of carbonyl (C=O) groups is 1. The molecule has 0 saturated carbocycles. The molecule has 80 valence electrons. The summed E-state index contributed by atoms with van der Waals surface area (Å²) < 4.78 is 0. The van der Waals surface area contributed by atoms with Crippen LogP contribution in [-0.4, -0.2) is 12.3 Å². The number of benzene rings is 1. The highest BCUT2D eigenvalue weighted by atomic mass is 16.1. The Labute approximate surface area is 91.0 Å². The van der Waals surface area contributed by atoms with Crippen molar-refractivity contribution in [3.05, 3.63) is 41.6 Å². The second kappa shape index (κ2) is 5.35. The molecule has 0 radical (unpaired) electrons. The van der Waals surface area contributed by atoms with Crippen molar-refractivity contribution in [3.63, 3.8) is 0 Å². The summed E-state index contributed by atoms with van der Waals surface area (Å²) >= 11 is 0. The molecule has 0 unspecified atom stereocenters. The van der Waals surface area contributed by atoms with Crippen molar-refractivity contribution in [1.29, 1.82) is 0 Å². The summed E-state index contributed by atoms with van der Waals surface area (Å²) in [6, 6.07) is 10.0. The van der Waals surface area contributed by atoms with Crippen LogP contribution in [0.25, 0.3) is 5.57 Å². The largest absolute Gasteiger partial charge is 0.386 e. The number of hydrogen-bond acceptors (Lipinski definition) is 2. The molecule has 15 heavy (non-hydrogen) atoms. The summed E-state index contributed by atoms with van der Waals surface area (Å²) in [6.45, 7) is 6.03. The fourth-order valence-corrected chi connectivity index (χ4v) is 1.50. The fraction of sp³-hybridized carbons (Fsp3) is 0.308. The first-order chi connectivity index (χ1) is 7.15. The van der Waals surface area contributed by atoms with Crippen molar-refractivity contribution in [2.45, 2.75) is 26.8 Å². The van der Waals surface area contributed by atoms with E-state index in [0.29, 0.717) is 6.04 Å². The lowest BCUT2D eigenvalue weighted by molar-refractivity contribution is -0.103. The van der Waals surface area contributed by atoms with E-state index in [2.05, 4.69) is 19.2 Å². The molecule has 0 aromatic heterocycles. The number of hydrogen-bond donors (Lipinski definition) is 1. The molecule has 0 atom stereocenters. The van der Waals surface area contributed by atoms with Gasteiger partial charge < -0.3 is 5.32 Å². The van der Waals surface area contributed by atoms with Gasteiger partial charge in [0.15, 0.2) is 6.29 Å². The Morgan fingerprint density at radius 2 is 1.87 bits per heavy atom. The van der Waals surface area contributed by atoms with Crippen LogP contribution in [0.5, 0.6) is 0 Å². The molecular formula is C13H17NO. The molecule has 0 amide bonds. The van der Waals surface area contributed by atoms with E-state index in [4.69, 9.17) is 0 Å². The summed E-state index contributed by atoms with van der Waals surface area (Å²) in [6.07, 6.45) is 0.903. The van der Waals surface area contributed by atoms with Gasteiger partial charge in [-0.05, 0) is 26.3 Å². The Morgan fingerprint density at radius 3 is 2.33 bits per heavy atom. The molecule has 1 aromatic rings. The first-order valence-corrected chi connectivity index (χ1v) is 5.13. The van der Waals surface area contributed by atoms with E-state index >= 15 is 0 Å². The highest BCUT2D eigenvalue weighted by molar-refractivity contribution is 6.07. The van der Waals surface area contributed by atoms with Gasteiger partial charge in [-0.2, -0.15) is 0 Å². The van der Waals surface area contributed by atoms with Crippen LogP contribution < -0.4 is 5.32 Å². The van der Waals surface area contributed by atoms with Crippen molar-refractivity contribution in [2.24, 2.45) is 0 Å². The monoisotopic (exact) mass is 203 g/mol. The molecule has 0 bridgehead atoms. The minimum atomic E-state index is 0.337. The van der Waals surface area contributed by atoms with E-state index < -0.39 is 0 Å². The molecule has 0 aliphatic heterocycles. The number of aldehydes is 1. The van der Waals surface area contributed by atoms with E-state index in [-0.39, 0.29) is 0 Å². The summed E-state index contributed by atoms with van der Waals surface area (Å²) in [4.78, 5) is 11.0. The molecule has 2 heteroatoms. The average Bonchev–Trinajstić information content (AvgIpc) is 2.19. The van der Waals surface area contributed by atoms with Crippen LogP contribution in [0.15, 0.2) is 36.0 Å². The second-order valence-electron chi connectivity index (χ2n) is 3.82. The lowest BCUT2D eigenvalue weighted by Crippen LogP contribution is -2.21. The van der Waals surface area contributed by atoms with Crippen molar-refractivity contribution >= 4 is 11.9 Å².